The molecule has 11 nitrogen and oxygen atoms in total. The Morgan fingerprint density at radius 2 is 1.88 bits per heavy atom. The average molecular weight is 561 g/mol. The number of nitrogen functional groups attached to an aromatic ring is 1. The van der Waals surface area contributed by atoms with Crippen LogP contribution in [0, 0.1) is 0 Å². The van der Waals surface area contributed by atoms with Crippen LogP contribution in [-0.2, 0) is 11.8 Å². The Morgan fingerprint density at radius 3 is 2.66 bits per heavy atom. The molecule has 3 amide bonds. The fraction of sp³-hybridized carbons (Fsp3) is 0.367. The molecule has 5 rings (SSSR count). The predicted octanol–water partition coefficient (Wildman–Crippen LogP) is 4.09. The molecule has 0 aliphatic carbocycles. The van der Waals surface area contributed by atoms with Crippen molar-refractivity contribution in [2.75, 3.05) is 48.5 Å². The quantitative estimate of drug-likeness (QED) is 0.228. The monoisotopic (exact) mass is 560 g/mol. The summed E-state index contributed by atoms with van der Waals surface area (Å²) in [6, 6.07) is 12.2. The van der Waals surface area contributed by atoms with Gasteiger partial charge in [-0.3, -0.25) is 14.4 Å². The third-order valence-electron chi connectivity index (χ3n) is 7.45. The van der Waals surface area contributed by atoms with Gasteiger partial charge in [-0.2, -0.15) is 0 Å². The van der Waals surface area contributed by atoms with Gasteiger partial charge in [0.1, 0.15) is 5.69 Å². The van der Waals surface area contributed by atoms with Gasteiger partial charge in [0, 0.05) is 56.2 Å². The highest BCUT2D eigenvalue weighted by Crippen LogP contribution is 2.37. The van der Waals surface area contributed by atoms with Crippen LogP contribution in [-0.4, -0.2) is 60.0 Å². The first-order valence-corrected chi connectivity index (χ1v) is 13.8. The van der Waals surface area contributed by atoms with Crippen LogP contribution >= 0.6 is 0 Å². The first-order valence-electron chi connectivity index (χ1n) is 13.8. The van der Waals surface area contributed by atoms with Crippen LogP contribution in [0.2, 0.25) is 0 Å². The van der Waals surface area contributed by atoms with Crippen molar-refractivity contribution in [3.63, 3.8) is 0 Å². The van der Waals surface area contributed by atoms with E-state index in [1.807, 2.05) is 11.0 Å². The number of piperidine rings is 1. The number of nitrogens with one attached hydrogen (secondary N) is 3. The molecule has 216 valence electrons. The number of ether oxygens (including phenoxy) is 2. The molecule has 1 saturated heterocycles. The van der Waals surface area contributed by atoms with E-state index in [9.17, 15) is 14.4 Å². The fourth-order valence-corrected chi connectivity index (χ4v) is 5.28. The number of nitrogens with zero attached hydrogens (tertiary/aromatic N) is 2. The maximum atomic E-state index is 13.2. The number of aromatic nitrogens is 1. The number of methoxy groups -OCH3 is 1. The SMILES string of the molecule is COc1cc2c(cc1OCCCC(=O)Nc1cc(C(=O)Nc3ccc(N)cc3)n(C)c1)NCC1CCCCN1C2=O. The molecule has 11 heteroatoms. The normalized spacial score (nSPS) is 16.1. The van der Waals surface area contributed by atoms with E-state index < -0.39 is 0 Å². The van der Waals surface area contributed by atoms with Gasteiger partial charge in [-0.15, -0.1) is 0 Å². The smallest absolute Gasteiger partial charge is 0.272 e. The summed E-state index contributed by atoms with van der Waals surface area (Å²) in [6.07, 6.45) is 5.52. The van der Waals surface area contributed by atoms with Gasteiger partial charge in [0.15, 0.2) is 11.5 Å². The van der Waals surface area contributed by atoms with Gasteiger partial charge in [-0.25, -0.2) is 0 Å². The molecule has 1 aromatic heterocycles. The topological polar surface area (TPSA) is 140 Å². The van der Waals surface area contributed by atoms with Gasteiger partial charge in [-0.05, 0) is 62.1 Å². The largest absolute Gasteiger partial charge is 0.493 e. The average Bonchev–Trinajstić information content (AvgIpc) is 3.27. The highest BCUT2D eigenvalue weighted by Gasteiger charge is 2.32. The number of carbonyl (C=O) groups is 3. The lowest BCUT2D eigenvalue weighted by molar-refractivity contribution is -0.116. The summed E-state index contributed by atoms with van der Waals surface area (Å²) < 4.78 is 13.2. The summed E-state index contributed by atoms with van der Waals surface area (Å²) in [5.74, 6) is 0.526. The number of anilines is 4. The minimum atomic E-state index is -0.298. The zero-order chi connectivity index (χ0) is 28.9. The van der Waals surface area contributed by atoms with Crippen LogP contribution in [0.4, 0.5) is 22.7 Å². The van der Waals surface area contributed by atoms with E-state index in [1.54, 1.807) is 61.3 Å². The summed E-state index contributed by atoms with van der Waals surface area (Å²) in [7, 11) is 3.29. The molecule has 0 saturated carbocycles. The number of aryl methyl sites for hydroxylation is 1. The van der Waals surface area contributed by atoms with E-state index in [2.05, 4.69) is 16.0 Å². The van der Waals surface area contributed by atoms with E-state index in [0.717, 1.165) is 31.5 Å². The lowest BCUT2D eigenvalue weighted by Crippen LogP contribution is -2.45. The molecule has 0 spiro atoms. The fourth-order valence-electron chi connectivity index (χ4n) is 5.28. The highest BCUT2D eigenvalue weighted by atomic mass is 16.5. The second-order valence-corrected chi connectivity index (χ2v) is 10.4. The molecule has 1 atom stereocenters. The lowest BCUT2D eigenvalue weighted by atomic mass is 10.0. The van der Waals surface area contributed by atoms with Crippen LogP contribution in [0.3, 0.4) is 0 Å². The lowest BCUT2D eigenvalue weighted by Gasteiger charge is -2.34. The molecular formula is C30H36N6O5. The van der Waals surface area contributed by atoms with Crippen molar-refractivity contribution in [3.05, 3.63) is 59.9 Å². The Balaban J connectivity index is 1.13. The van der Waals surface area contributed by atoms with Crippen molar-refractivity contribution in [1.82, 2.24) is 9.47 Å². The molecule has 2 aromatic carbocycles. The molecule has 5 N–H and O–H groups in total. The minimum Gasteiger partial charge on any atom is -0.493 e. The summed E-state index contributed by atoms with van der Waals surface area (Å²) in [5, 5.41) is 9.07. The number of carbonyl (C=O) groups excluding carboxylic acids is 3. The molecule has 0 radical (unpaired) electrons. The van der Waals surface area contributed by atoms with Gasteiger partial charge in [0.05, 0.1) is 30.7 Å². The molecule has 1 fully saturated rings. The minimum absolute atomic E-state index is 0.0167. The third-order valence-corrected chi connectivity index (χ3v) is 7.45. The number of hydrogen-bond acceptors (Lipinski definition) is 7. The standard InChI is InChI=1S/C30H36N6O5/c1-35-18-21(14-25(35)29(38)34-20-10-8-19(31)9-11-20)33-28(37)7-5-13-41-27-16-24-23(15-26(27)40-2)30(39)36-12-4-3-6-22(36)17-32-24/h8-11,14-16,18,22,32H,3-7,12-13,17,31H2,1-2H3,(H,33,37)(H,34,38). The number of rotatable bonds is 9. The predicted molar refractivity (Wildman–Crippen MR) is 158 cm³/mol. The van der Waals surface area contributed by atoms with E-state index >= 15 is 0 Å². The van der Waals surface area contributed by atoms with Crippen LogP contribution in [0.15, 0.2) is 48.7 Å². The van der Waals surface area contributed by atoms with E-state index in [4.69, 9.17) is 15.2 Å². The second-order valence-electron chi connectivity index (χ2n) is 10.4. The zero-order valence-corrected chi connectivity index (χ0v) is 23.4. The van der Waals surface area contributed by atoms with Gasteiger partial charge >= 0.3 is 0 Å². The van der Waals surface area contributed by atoms with Gasteiger partial charge < -0.3 is 40.6 Å². The number of benzene rings is 2. The van der Waals surface area contributed by atoms with Crippen LogP contribution in [0.1, 0.15) is 53.0 Å². The maximum Gasteiger partial charge on any atom is 0.272 e. The van der Waals surface area contributed by atoms with Crippen molar-refractivity contribution in [2.45, 2.75) is 38.1 Å². The van der Waals surface area contributed by atoms with Gasteiger partial charge in [-0.1, -0.05) is 0 Å². The van der Waals surface area contributed by atoms with E-state index in [0.29, 0.717) is 52.8 Å². The molecule has 2 aliphatic heterocycles. The summed E-state index contributed by atoms with van der Waals surface area (Å²) in [6.45, 7) is 1.76. The van der Waals surface area contributed by atoms with E-state index in [1.165, 1.54) is 0 Å². The molecule has 3 heterocycles. The molecule has 2 aliphatic rings. The van der Waals surface area contributed by atoms with Crippen molar-refractivity contribution in [2.24, 2.45) is 7.05 Å². The maximum absolute atomic E-state index is 13.2. The second kappa shape index (κ2) is 12.2. The summed E-state index contributed by atoms with van der Waals surface area (Å²) in [4.78, 5) is 40.4. The molecular weight excluding hydrogens is 524 g/mol. The summed E-state index contributed by atoms with van der Waals surface area (Å²) >= 11 is 0. The number of nitrogens with two attached hydrogens (primary N) is 1. The van der Waals surface area contributed by atoms with Crippen molar-refractivity contribution in [1.29, 1.82) is 0 Å². The third kappa shape index (κ3) is 6.40. The van der Waals surface area contributed by atoms with Crippen molar-refractivity contribution >= 4 is 40.5 Å². The molecule has 0 bridgehead atoms. The Kier molecular flexibility index (Phi) is 8.32. The highest BCUT2D eigenvalue weighted by molar-refractivity contribution is 6.04. The molecule has 3 aromatic rings. The first-order chi connectivity index (χ1) is 19.8. The van der Waals surface area contributed by atoms with Crippen LogP contribution < -0.4 is 31.2 Å². The van der Waals surface area contributed by atoms with E-state index in [-0.39, 0.29) is 36.8 Å². The number of fused-ring (bicyclic) bond motifs is 2. The number of amides is 3. The zero-order valence-electron chi connectivity index (χ0n) is 23.4. The van der Waals surface area contributed by atoms with Crippen molar-refractivity contribution < 1.29 is 23.9 Å². The van der Waals surface area contributed by atoms with Gasteiger partial charge in [0.2, 0.25) is 5.91 Å². The number of hydrogen-bond donors (Lipinski definition) is 4. The first kappa shape index (κ1) is 27.9. The summed E-state index contributed by atoms with van der Waals surface area (Å²) in [5.41, 5.74) is 9.18. The van der Waals surface area contributed by atoms with Crippen molar-refractivity contribution in [3.8, 4) is 11.5 Å². The van der Waals surface area contributed by atoms with Crippen LogP contribution in [0.25, 0.3) is 0 Å². The van der Waals surface area contributed by atoms with Crippen LogP contribution in [0.5, 0.6) is 11.5 Å². The molecule has 1 unspecified atom stereocenters. The Morgan fingerprint density at radius 1 is 1.07 bits per heavy atom. The Bertz CT molecular complexity index is 1430. The Labute approximate surface area is 239 Å². The van der Waals surface area contributed by atoms with Gasteiger partial charge in [0.25, 0.3) is 11.8 Å². The Hall–Kier alpha value is -4.67. The molecule has 41 heavy (non-hydrogen) atoms.